The van der Waals surface area contributed by atoms with Crippen LogP contribution in [0.15, 0.2) is 11.4 Å². The van der Waals surface area contributed by atoms with Crippen LogP contribution >= 0.6 is 11.3 Å². The molecule has 6 nitrogen and oxygen atoms in total. The summed E-state index contributed by atoms with van der Waals surface area (Å²) in [4.78, 5) is 38.5. The summed E-state index contributed by atoms with van der Waals surface area (Å²) >= 11 is 1.18. The molecule has 0 spiro atoms. The molecule has 3 N–H and O–H groups in total. The number of nitrogens with one attached hydrogen (secondary N) is 1. The number of hydrogen-bond donors (Lipinski definition) is 2. The fourth-order valence-corrected chi connectivity index (χ4v) is 3.47. The average molecular weight is 337 g/mol. The van der Waals surface area contributed by atoms with Gasteiger partial charge in [0.1, 0.15) is 6.04 Å². The fourth-order valence-electron chi connectivity index (χ4n) is 2.62. The first-order valence-electron chi connectivity index (χ1n) is 7.70. The van der Waals surface area contributed by atoms with Gasteiger partial charge in [0.05, 0.1) is 10.4 Å². The monoisotopic (exact) mass is 337 g/mol. The molecule has 2 heterocycles. The Bertz CT molecular complexity index is 618. The second-order valence-corrected chi connectivity index (χ2v) is 7.72. The Labute approximate surface area is 140 Å². The van der Waals surface area contributed by atoms with Crippen molar-refractivity contribution in [3.63, 3.8) is 0 Å². The van der Waals surface area contributed by atoms with E-state index in [9.17, 15) is 14.4 Å². The molecule has 0 saturated carbocycles. The molecule has 2 rings (SSSR count). The van der Waals surface area contributed by atoms with E-state index in [2.05, 4.69) is 5.32 Å². The third-order valence-electron chi connectivity index (χ3n) is 3.66. The minimum atomic E-state index is -0.555. The molecule has 7 heteroatoms. The number of rotatable bonds is 3. The van der Waals surface area contributed by atoms with Crippen LogP contribution < -0.4 is 11.1 Å². The number of nitrogens with two attached hydrogens (primary N) is 1. The molecule has 1 atom stereocenters. The van der Waals surface area contributed by atoms with Gasteiger partial charge in [0, 0.05) is 17.5 Å². The number of carbonyl (C=O) groups is 3. The van der Waals surface area contributed by atoms with E-state index in [1.54, 1.807) is 10.3 Å². The quantitative estimate of drug-likeness (QED) is 0.880. The van der Waals surface area contributed by atoms with Gasteiger partial charge >= 0.3 is 0 Å². The molecule has 23 heavy (non-hydrogen) atoms. The maximum Gasteiger partial charge on any atom is 0.264 e. The van der Waals surface area contributed by atoms with E-state index in [1.165, 1.54) is 17.4 Å². The standard InChI is InChI=1S/C16H23N3O3S/c1-16(2,3)18-14(21)11-6-4-5-7-19(11)15(22)12-8-10(9-23-12)13(17)20/h8-9,11H,4-7H2,1-3H3,(H2,17,20)(H,18,21)/t11-/m0/s1. The zero-order valence-corrected chi connectivity index (χ0v) is 14.5. The first-order chi connectivity index (χ1) is 10.7. The predicted molar refractivity (Wildman–Crippen MR) is 89.4 cm³/mol. The zero-order chi connectivity index (χ0) is 17.2. The molecule has 1 saturated heterocycles. The maximum atomic E-state index is 12.7. The lowest BCUT2D eigenvalue weighted by Crippen LogP contribution is -2.55. The van der Waals surface area contributed by atoms with Gasteiger partial charge in [0.25, 0.3) is 5.91 Å². The van der Waals surface area contributed by atoms with Crippen molar-refractivity contribution in [2.45, 2.75) is 51.6 Å². The smallest absolute Gasteiger partial charge is 0.264 e. The molecule has 3 amide bonds. The van der Waals surface area contributed by atoms with Crippen molar-refractivity contribution in [3.8, 4) is 0 Å². The van der Waals surface area contributed by atoms with Crippen LogP contribution in [0.2, 0.25) is 0 Å². The lowest BCUT2D eigenvalue weighted by atomic mass is 9.99. The molecule has 0 aliphatic carbocycles. The highest BCUT2D eigenvalue weighted by Gasteiger charge is 2.34. The summed E-state index contributed by atoms with van der Waals surface area (Å²) in [5, 5.41) is 4.52. The topological polar surface area (TPSA) is 92.5 Å². The minimum absolute atomic E-state index is 0.128. The van der Waals surface area contributed by atoms with E-state index in [-0.39, 0.29) is 17.4 Å². The van der Waals surface area contributed by atoms with E-state index in [0.717, 1.165) is 12.8 Å². The summed E-state index contributed by atoms with van der Waals surface area (Å²) < 4.78 is 0. The van der Waals surface area contributed by atoms with Crippen molar-refractivity contribution in [2.24, 2.45) is 5.73 Å². The van der Waals surface area contributed by atoms with Gasteiger partial charge in [0.15, 0.2) is 0 Å². The van der Waals surface area contributed by atoms with Crippen molar-refractivity contribution in [1.82, 2.24) is 10.2 Å². The van der Waals surface area contributed by atoms with E-state index < -0.39 is 11.9 Å². The lowest BCUT2D eigenvalue weighted by Gasteiger charge is -2.36. The number of piperidine rings is 1. The zero-order valence-electron chi connectivity index (χ0n) is 13.7. The minimum Gasteiger partial charge on any atom is -0.366 e. The van der Waals surface area contributed by atoms with Crippen molar-refractivity contribution in [2.75, 3.05) is 6.54 Å². The van der Waals surface area contributed by atoms with Crippen LogP contribution in [0.25, 0.3) is 0 Å². The highest BCUT2D eigenvalue weighted by molar-refractivity contribution is 7.12. The molecule has 1 aliphatic rings. The molecule has 1 fully saturated rings. The van der Waals surface area contributed by atoms with Gasteiger partial charge < -0.3 is 16.0 Å². The van der Waals surface area contributed by atoms with E-state index >= 15 is 0 Å². The first-order valence-corrected chi connectivity index (χ1v) is 8.58. The number of hydrogen-bond acceptors (Lipinski definition) is 4. The summed E-state index contributed by atoms with van der Waals surface area (Å²) in [6.07, 6.45) is 2.45. The van der Waals surface area contributed by atoms with Gasteiger partial charge in [-0.25, -0.2) is 0 Å². The van der Waals surface area contributed by atoms with Gasteiger partial charge in [-0.1, -0.05) is 0 Å². The average Bonchev–Trinajstić information content (AvgIpc) is 2.94. The Morgan fingerprint density at radius 2 is 2.00 bits per heavy atom. The van der Waals surface area contributed by atoms with Crippen LogP contribution in [0.4, 0.5) is 0 Å². The van der Waals surface area contributed by atoms with Crippen LogP contribution in [0.1, 0.15) is 60.1 Å². The Hall–Kier alpha value is -1.89. The molecule has 0 radical (unpaired) electrons. The third kappa shape index (κ3) is 4.31. The number of primary amides is 1. The first kappa shape index (κ1) is 17.5. The van der Waals surface area contributed by atoms with Crippen LogP contribution in [0, 0.1) is 0 Å². The van der Waals surface area contributed by atoms with Gasteiger partial charge in [-0.05, 0) is 46.1 Å². The summed E-state index contributed by atoms with van der Waals surface area (Å²) in [6, 6.07) is 1.04. The van der Waals surface area contributed by atoms with Crippen molar-refractivity contribution < 1.29 is 14.4 Å². The van der Waals surface area contributed by atoms with Crippen LogP contribution in [0.3, 0.4) is 0 Å². The van der Waals surface area contributed by atoms with Crippen LogP contribution in [-0.2, 0) is 4.79 Å². The lowest BCUT2D eigenvalue weighted by molar-refractivity contribution is -0.128. The third-order valence-corrected chi connectivity index (χ3v) is 4.58. The summed E-state index contributed by atoms with van der Waals surface area (Å²) in [5.74, 6) is -0.894. The number of amides is 3. The molecule has 1 aromatic heterocycles. The van der Waals surface area contributed by atoms with Crippen LogP contribution in [0.5, 0.6) is 0 Å². The van der Waals surface area contributed by atoms with Crippen LogP contribution in [-0.4, -0.2) is 40.7 Å². The second-order valence-electron chi connectivity index (χ2n) is 6.81. The highest BCUT2D eigenvalue weighted by Crippen LogP contribution is 2.23. The van der Waals surface area contributed by atoms with Gasteiger partial charge in [-0.15, -0.1) is 11.3 Å². The SMILES string of the molecule is CC(C)(C)NC(=O)[C@@H]1CCCCN1C(=O)c1cc(C(N)=O)cs1. The highest BCUT2D eigenvalue weighted by atomic mass is 32.1. The molecule has 0 aromatic carbocycles. The number of nitrogens with zero attached hydrogens (tertiary/aromatic N) is 1. The molecule has 1 aliphatic heterocycles. The number of carbonyl (C=O) groups excluding carboxylic acids is 3. The maximum absolute atomic E-state index is 12.7. The van der Waals surface area contributed by atoms with E-state index in [1.807, 2.05) is 20.8 Å². The molecular weight excluding hydrogens is 314 g/mol. The number of likely N-dealkylation sites (tertiary alicyclic amines) is 1. The summed E-state index contributed by atoms with van der Waals surface area (Å²) in [7, 11) is 0. The normalized spacial score (nSPS) is 18.6. The largest absolute Gasteiger partial charge is 0.366 e. The predicted octanol–water partition coefficient (Wildman–Crippen LogP) is 1.76. The fraction of sp³-hybridized carbons (Fsp3) is 0.562. The molecule has 1 aromatic rings. The van der Waals surface area contributed by atoms with Crippen molar-refractivity contribution in [1.29, 1.82) is 0 Å². The summed E-state index contributed by atoms with van der Waals surface area (Å²) in [6.45, 7) is 6.29. The van der Waals surface area contributed by atoms with Crippen molar-refractivity contribution >= 4 is 29.1 Å². The van der Waals surface area contributed by atoms with E-state index in [4.69, 9.17) is 5.73 Å². The molecule has 0 bridgehead atoms. The summed E-state index contributed by atoms with van der Waals surface area (Å²) in [5.41, 5.74) is 5.21. The van der Waals surface area contributed by atoms with Crippen molar-refractivity contribution in [3.05, 3.63) is 21.9 Å². The Morgan fingerprint density at radius 3 is 2.57 bits per heavy atom. The Balaban J connectivity index is 2.18. The molecule has 0 unspecified atom stereocenters. The number of thiophene rings is 1. The molecule has 126 valence electrons. The Morgan fingerprint density at radius 1 is 1.30 bits per heavy atom. The molecular formula is C16H23N3O3S. The second kappa shape index (κ2) is 6.70. The van der Waals surface area contributed by atoms with Gasteiger partial charge in [-0.2, -0.15) is 0 Å². The Kier molecular flexibility index (Phi) is 5.09. The van der Waals surface area contributed by atoms with E-state index in [0.29, 0.717) is 23.4 Å². The van der Waals surface area contributed by atoms with Gasteiger partial charge in [-0.3, -0.25) is 14.4 Å². The van der Waals surface area contributed by atoms with Gasteiger partial charge in [0.2, 0.25) is 11.8 Å².